The van der Waals surface area contributed by atoms with Crippen LogP contribution in [0.3, 0.4) is 0 Å². The zero-order chi connectivity index (χ0) is 13.8. The summed E-state index contributed by atoms with van der Waals surface area (Å²) in [5.41, 5.74) is 3.70. The maximum absolute atomic E-state index is 10.6. The molecule has 0 amide bonds. The molecular formula is C15H14BrNO2. The summed E-state index contributed by atoms with van der Waals surface area (Å²) in [4.78, 5) is 10.4. The van der Waals surface area contributed by atoms with Crippen molar-refractivity contribution in [1.82, 2.24) is 0 Å². The smallest absolute Gasteiger partial charge is 0.258 e. The number of halogens is 1. The summed E-state index contributed by atoms with van der Waals surface area (Å²) >= 11 is 3.69. The Labute approximate surface area is 120 Å². The maximum Gasteiger partial charge on any atom is 0.269 e. The molecule has 2 rings (SSSR count). The van der Waals surface area contributed by atoms with Gasteiger partial charge >= 0.3 is 0 Å². The van der Waals surface area contributed by atoms with E-state index in [1.807, 2.05) is 24.3 Å². The summed E-state index contributed by atoms with van der Waals surface area (Å²) in [5.74, 6) is 0. The number of rotatable bonds is 4. The number of non-ortho nitro benzene ring substituents is 1. The Morgan fingerprint density at radius 3 is 2.37 bits per heavy atom. The fourth-order valence-electron chi connectivity index (χ4n) is 2.01. The molecule has 98 valence electrons. The van der Waals surface area contributed by atoms with Gasteiger partial charge in [-0.3, -0.25) is 10.1 Å². The normalized spacial score (nSPS) is 12.1. The highest BCUT2D eigenvalue weighted by Crippen LogP contribution is 2.29. The van der Waals surface area contributed by atoms with Crippen LogP contribution in [0.2, 0.25) is 0 Å². The third kappa shape index (κ3) is 3.41. The Balaban J connectivity index is 2.13. The molecule has 1 atom stereocenters. The van der Waals surface area contributed by atoms with E-state index in [-0.39, 0.29) is 15.4 Å². The fraction of sp³-hybridized carbons (Fsp3) is 0.200. The van der Waals surface area contributed by atoms with Gasteiger partial charge in [-0.15, -0.1) is 0 Å². The lowest BCUT2D eigenvalue weighted by atomic mass is 10.0. The quantitative estimate of drug-likeness (QED) is 0.470. The molecule has 0 aliphatic heterocycles. The lowest BCUT2D eigenvalue weighted by Gasteiger charge is -2.13. The summed E-state index contributed by atoms with van der Waals surface area (Å²) in [5, 5.41) is 10.6. The molecule has 0 N–H and O–H groups in total. The minimum Gasteiger partial charge on any atom is -0.258 e. The number of nitro groups is 1. The summed E-state index contributed by atoms with van der Waals surface area (Å²) < 4.78 is 0. The molecule has 2 aromatic carbocycles. The second-order valence-electron chi connectivity index (χ2n) is 4.45. The van der Waals surface area contributed by atoms with Gasteiger partial charge in [-0.1, -0.05) is 52.3 Å². The molecule has 0 radical (unpaired) electrons. The molecular weight excluding hydrogens is 306 g/mol. The lowest BCUT2D eigenvalue weighted by molar-refractivity contribution is -0.384. The Morgan fingerprint density at radius 2 is 1.79 bits per heavy atom. The lowest BCUT2D eigenvalue weighted by Crippen LogP contribution is -1.98. The van der Waals surface area contributed by atoms with Gasteiger partial charge in [0.25, 0.3) is 5.69 Å². The van der Waals surface area contributed by atoms with E-state index < -0.39 is 0 Å². The van der Waals surface area contributed by atoms with Crippen molar-refractivity contribution in [3.05, 3.63) is 75.3 Å². The molecule has 0 saturated heterocycles. The van der Waals surface area contributed by atoms with Gasteiger partial charge in [0.15, 0.2) is 0 Å². The van der Waals surface area contributed by atoms with Crippen LogP contribution >= 0.6 is 15.9 Å². The predicted molar refractivity (Wildman–Crippen MR) is 79.6 cm³/mol. The van der Waals surface area contributed by atoms with Crippen molar-refractivity contribution < 1.29 is 4.92 Å². The Bertz CT molecular complexity index is 581. The molecule has 0 heterocycles. The van der Waals surface area contributed by atoms with Crippen molar-refractivity contribution in [3.63, 3.8) is 0 Å². The van der Waals surface area contributed by atoms with Gasteiger partial charge in [-0.2, -0.15) is 0 Å². The fourth-order valence-corrected chi connectivity index (χ4v) is 2.90. The molecule has 2 aromatic rings. The van der Waals surface area contributed by atoms with Crippen LogP contribution in [0.15, 0.2) is 48.5 Å². The van der Waals surface area contributed by atoms with Crippen LogP contribution in [0.4, 0.5) is 5.69 Å². The first-order valence-corrected chi connectivity index (χ1v) is 6.92. The molecule has 0 bridgehead atoms. The predicted octanol–water partition coefficient (Wildman–Crippen LogP) is 4.58. The number of aryl methyl sites for hydroxylation is 1. The van der Waals surface area contributed by atoms with Gasteiger partial charge in [-0.05, 0) is 30.0 Å². The largest absolute Gasteiger partial charge is 0.269 e. The SMILES string of the molecule is Cc1ccccc1C(Br)Cc1ccc([N+](=O)[O-])cc1. The highest BCUT2D eigenvalue weighted by atomic mass is 79.9. The molecule has 0 fully saturated rings. The van der Waals surface area contributed by atoms with Crippen LogP contribution in [-0.2, 0) is 6.42 Å². The van der Waals surface area contributed by atoms with Gasteiger partial charge in [0.2, 0.25) is 0 Å². The van der Waals surface area contributed by atoms with Crippen molar-refractivity contribution >= 4 is 21.6 Å². The van der Waals surface area contributed by atoms with Crippen LogP contribution in [0.1, 0.15) is 21.5 Å². The Kier molecular flexibility index (Phi) is 4.32. The second-order valence-corrected chi connectivity index (χ2v) is 5.56. The number of nitro benzene ring substituents is 1. The van der Waals surface area contributed by atoms with E-state index in [1.54, 1.807) is 12.1 Å². The summed E-state index contributed by atoms with van der Waals surface area (Å²) in [6.07, 6.45) is 0.808. The average molecular weight is 320 g/mol. The Hall–Kier alpha value is -1.68. The first-order valence-electron chi connectivity index (χ1n) is 6.01. The van der Waals surface area contributed by atoms with E-state index in [9.17, 15) is 10.1 Å². The Morgan fingerprint density at radius 1 is 1.16 bits per heavy atom. The van der Waals surface area contributed by atoms with E-state index >= 15 is 0 Å². The number of hydrogen-bond acceptors (Lipinski definition) is 2. The second kappa shape index (κ2) is 5.97. The highest BCUT2D eigenvalue weighted by molar-refractivity contribution is 9.09. The summed E-state index contributed by atoms with van der Waals surface area (Å²) in [7, 11) is 0. The van der Waals surface area contributed by atoms with Crippen molar-refractivity contribution in [1.29, 1.82) is 0 Å². The first kappa shape index (κ1) is 13.7. The third-order valence-corrected chi connectivity index (χ3v) is 3.90. The monoisotopic (exact) mass is 319 g/mol. The summed E-state index contributed by atoms with van der Waals surface area (Å²) in [6, 6.07) is 14.9. The molecule has 0 spiro atoms. The van der Waals surface area contributed by atoms with Crippen molar-refractivity contribution in [2.24, 2.45) is 0 Å². The number of benzene rings is 2. The van der Waals surface area contributed by atoms with E-state index in [4.69, 9.17) is 0 Å². The molecule has 0 aromatic heterocycles. The van der Waals surface area contributed by atoms with Crippen molar-refractivity contribution in [2.75, 3.05) is 0 Å². The highest BCUT2D eigenvalue weighted by Gasteiger charge is 2.11. The van der Waals surface area contributed by atoms with Crippen molar-refractivity contribution in [3.8, 4) is 0 Å². The van der Waals surface area contributed by atoms with Gasteiger partial charge < -0.3 is 0 Å². The minimum absolute atomic E-state index is 0.130. The molecule has 3 nitrogen and oxygen atoms in total. The van der Waals surface area contributed by atoms with Gasteiger partial charge in [0.05, 0.1) is 4.92 Å². The molecule has 0 aliphatic rings. The first-order chi connectivity index (χ1) is 9.08. The topological polar surface area (TPSA) is 43.1 Å². The molecule has 0 saturated carbocycles. The zero-order valence-electron chi connectivity index (χ0n) is 10.5. The minimum atomic E-state index is -0.378. The molecule has 0 aliphatic carbocycles. The molecule has 1 unspecified atom stereocenters. The van der Waals surface area contributed by atoms with E-state index in [1.165, 1.54) is 11.1 Å². The summed E-state index contributed by atoms with van der Waals surface area (Å²) in [6.45, 7) is 2.08. The van der Waals surface area contributed by atoms with Crippen LogP contribution in [0.5, 0.6) is 0 Å². The average Bonchev–Trinajstić information content (AvgIpc) is 2.39. The number of nitrogens with zero attached hydrogens (tertiary/aromatic N) is 1. The third-order valence-electron chi connectivity index (χ3n) is 3.09. The van der Waals surface area contributed by atoms with E-state index in [0.29, 0.717) is 0 Å². The molecule has 19 heavy (non-hydrogen) atoms. The number of hydrogen-bond donors (Lipinski definition) is 0. The van der Waals surface area contributed by atoms with Crippen LogP contribution < -0.4 is 0 Å². The standard InChI is InChI=1S/C15H14BrNO2/c1-11-4-2-3-5-14(11)15(16)10-12-6-8-13(9-7-12)17(18)19/h2-9,15H,10H2,1H3. The number of alkyl halides is 1. The van der Waals surface area contributed by atoms with Crippen LogP contribution in [0, 0.1) is 17.0 Å². The van der Waals surface area contributed by atoms with Crippen LogP contribution in [-0.4, -0.2) is 4.92 Å². The van der Waals surface area contributed by atoms with Crippen LogP contribution in [0.25, 0.3) is 0 Å². The maximum atomic E-state index is 10.6. The van der Waals surface area contributed by atoms with E-state index in [2.05, 4.69) is 35.0 Å². The van der Waals surface area contributed by atoms with E-state index in [0.717, 1.165) is 12.0 Å². The van der Waals surface area contributed by atoms with Gasteiger partial charge in [0, 0.05) is 17.0 Å². The molecule has 4 heteroatoms. The van der Waals surface area contributed by atoms with Gasteiger partial charge in [0.1, 0.15) is 0 Å². The van der Waals surface area contributed by atoms with Crippen molar-refractivity contribution in [2.45, 2.75) is 18.2 Å². The zero-order valence-corrected chi connectivity index (χ0v) is 12.1. The van der Waals surface area contributed by atoms with Gasteiger partial charge in [-0.25, -0.2) is 0 Å².